The average Bonchev–Trinajstić information content (AvgIpc) is 3.22. The number of nitrogens with zero attached hydrogens (tertiary/aromatic N) is 2. The fourth-order valence-electron chi connectivity index (χ4n) is 2.81. The van der Waals surface area contributed by atoms with Gasteiger partial charge in [0, 0.05) is 18.9 Å². The van der Waals surface area contributed by atoms with Crippen molar-refractivity contribution < 1.29 is 14.3 Å². The molecule has 0 radical (unpaired) electrons. The lowest BCUT2D eigenvalue weighted by Crippen LogP contribution is -2.24. The number of hydrazone groups is 1. The molecule has 0 aliphatic carbocycles. The maximum absolute atomic E-state index is 12.0. The van der Waals surface area contributed by atoms with Crippen molar-refractivity contribution in [2.45, 2.75) is 19.4 Å². The number of carbonyl (C=O) groups excluding carboxylic acids is 1. The van der Waals surface area contributed by atoms with Crippen molar-refractivity contribution in [3.05, 3.63) is 46.2 Å². The summed E-state index contributed by atoms with van der Waals surface area (Å²) >= 11 is 1.62. The number of carbonyl (C=O) groups is 1. The lowest BCUT2D eigenvalue weighted by Gasteiger charge is -2.23. The van der Waals surface area contributed by atoms with E-state index >= 15 is 0 Å². The first-order valence-electron chi connectivity index (χ1n) is 7.27. The fraction of sp³-hybridized carbons (Fsp3) is 0.294. The molecule has 1 aliphatic heterocycles. The highest BCUT2D eigenvalue weighted by molar-refractivity contribution is 7.12. The van der Waals surface area contributed by atoms with Crippen LogP contribution >= 0.6 is 11.3 Å². The standard InChI is InChI=1S/C17H18N2O3S/c1-11(20)19-14(10-13(18-19)16-8-5-9-23-16)12-6-4-7-15(21-2)17(12)22-3/h4-9,14H,10H2,1-3H3. The van der Waals surface area contributed by atoms with Crippen LogP contribution in [0.3, 0.4) is 0 Å². The second kappa shape index (κ2) is 6.42. The molecule has 1 amide bonds. The molecule has 0 fully saturated rings. The van der Waals surface area contributed by atoms with Crippen LogP contribution in [-0.2, 0) is 4.79 Å². The van der Waals surface area contributed by atoms with Crippen LogP contribution in [0.1, 0.15) is 29.8 Å². The van der Waals surface area contributed by atoms with Crippen LogP contribution in [0.4, 0.5) is 0 Å². The summed E-state index contributed by atoms with van der Waals surface area (Å²) in [5.74, 6) is 1.21. The number of hydrogen-bond acceptors (Lipinski definition) is 5. The fourth-order valence-corrected chi connectivity index (χ4v) is 3.53. The van der Waals surface area contributed by atoms with Crippen molar-refractivity contribution in [1.29, 1.82) is 0 Å². The first kappa shape index (κ1) is 15.6. The van der Waals surface area contributed by atoms with Gasteiger partial charge in [-0.15, -0.1) is 11.3 Å². The highest BCUT2D eigenvalue weighted by atomic mass is 32.1. The van der Waals surface area contributed by atoms with Gasteiger partial charge >= 0.3 is 0 Å². The van der Waals surface area contributed by atoms with E-state index in [1.807, 2.05) is 35.7 Å². The molecule has 1 aromatic carbocycles. The third-order valence-electron chi connectivity index (χ3n) is 3.83. The zero-order valence-corrected chi connectivity index (χ0v) is 14.1. The van der Waals surface area contributed by atoms with Gasteiger partial charge in [0.25, 0.3) is 0 Å². The molecule has 1 atom stereocenters. The van der Waals surface area contributed by atoms with E-state index in [1.54, 1.807) is 25.6 Å². The summed E-state index contributed by atoms with van der Waals surface area (Å²) in [5, 5.41) is 8.08. The number of benzene rings is 1. The minimum Gasteiger partial charge on any atom is -0.493 e. The SMILES string of the molecule is COc1cccc(C2CC(c3cccs3)=NN2C(C)=O)c1OC. The van der Waals surface area contributed by atoms with Crippen molar-refractivity contribution in [2.24, 2.45) is 5.10 Å². The molecule has 5 nitrogen and oxygen atoms in total. The van der Waals surface area contributed by atoms with E-state index in [2.05, 4.69) is 5.10 Å². The Morgan fingerprint density at radius 3 is 2.70 bits per heavy atom. The van der Waals surface area contributed by atoms with Crippen molar-refractivity contribution in [3.8, 4) is 11.5 Å². The smallest absolute Gasteiger partial charge is 0.240 e. The molecule has 3 rings (SSSR count). The maximum Gasteiger partial charge on any atom is 0.240 e. The topological polar surface area (TPSA) is 51.1 Å². The van der Waals surface area contributed by atoms with E-state index < -0.39 is 0 Å². The number of para-hydroxylation sites is 1. The molecule has 2 aromatic rings. The average molecular weight is 330 g/mol. The Morgan fingerprint density at radius 2 is 2.09 bits per heavy atom. The van der Waals surface area contributed by atoms with E-state index in [0.717, 1.165) is 16.2 Å². The van der Waals surface area contributed by atoms with Crippen LogP contribution in [0.25, 0.3) is 0 Å². The summed E-state index contributed by atoms with van der Waals surface area (Å²) in [6.07, 6.45) is 0.656. The van der Waals surface area contributed by atoms with Gasteiger partial charge in [-0.05, 0) is 17.5 Å². The van der Waals surface area contributed by atoms with Crippen molar-refractivity contribution in [2.75, 3.05) is 14.2 Å². The maximum atomic E-state index is 12.0. The Hall–Kier alpha value is -2.34. The molecule has 6 heteroatoms. The van der Waals surface area contributed by atoms with Crippen LogP contribution in [0, 0.1) is 0 Å². The summed E-state index contributed by atoms with van der Waals surface area (Å²) in [6, 6.07) is 9.52. The minimum atomic E-state index is -0.186. The summed E-state index contributed by atoms with van der Waals surface area (Å²) in [4.78, 5) is 13.1. The van der Waals surface area contributed by atoms with E-state index in [0.29, 0.717) is 17.9 Å². The van der Waals surface area contributed by atoms with Gasteiger partial charge in [0.1, 0.15) is 0 Å². The Bertz CT molecular complexity index is 740. The van der Waals surface area contributed by atoms with Gasteiger partial charge in [0.2, 0.25) is 5.91 Å². The van der Waals surface area contributed by atoms with Gasteiger partial charge in [-0.1, -0.05) is 18.2 Å². The number of hydrogen-bond donors (Lipinski definition) is 0. The highest BCUT2D eigenvalue weighted by Gasteiger charge is 2.34. The Kier molecular flexibility index (Phi) is 4.34. The van der Waals surface area contributed by atoms with E-state index in [1.165, 1.54) is 11.9 Å². The molecule has 0 N–H and O–H groups in total. The molecular weight excluding hydrogens is 312 g/mol. The summed E-state index contributed by atoms with van der Waals surface area (Å²) in [5.41, 5.74) is 1.82. The molecule has 1 aromatic heterocycles. The molecule has 2 heterocycles. The predicted octanol–water partition coefficient (Wildman–Crippen LogP) is 3.46. The molecule has 0 bridgehead atoms. The van der Waals surface area contributed by atoms with Gasteiger partial charge in [-0.3, -0.25) is 4.79 Å². The Labute approximate surface area is 139 Å². The number of thiophene rings is 1. The third kappa shape index (κ3) is 2.82. The van der Waals surface area contributed by atoms with Gasteiger partial charge in [-0.25, -0.2) is 5.01 Å². The number of amides is 1. The van der Waals surface area contributed by atoms with Gasteiger partial charge in [0.15, 0.2) is 11.5 Å². The minimum absolute atomic E-state index is 0.0913. The van der Waals surface area contributed by atoms with Crippen LogP contribution in [-0.4, -0.2) is 30.8 Å². The monoisotopic (exact) mass is 330 g/mol. The molecular formula is C17H18N2O3S. The predicted molar refractivity (Wildman–Crippen MR) is 90.3 cm³/mol. The summed E-state index contributed by atoms with van der Waals surface area (Å²) in [7, 11) is 3.21. The Balaban J connectivity index is 2.02. The second-order valence-corrected chi connectivity index (χ2v) is 6.14. The lowest BCUT2D eigenvalue weighted by molar-refractivity contribution is -0.130. The first-order chi connectivity index (χ1) is 11.2. The quantitative estimate of drug-likeness (QED) is 0.862. The second-order valence-electron chi connectivity index (χ2n) is 5.19. The van der Waals surface area contributed by atoms with Crippen LogP contribution < -0.4 is 9.47 Å². The highest BCUT2D eigenvalue weighted by Crippen LogP contribution is 2.41. The number of ether oxygens (including phenoxy) is 2. The summed E-state index contributed by atoms with van der Waals surface area (Å²) in [6.45, 7) is 1.53. The van der Waals surface area contributed by atoms with E-state index in [9.17, 15) is 4.79 Å². The zero-order valence-electron chi connectivity index (χ0n) is 13.3. The normalized spacial score (nSPS) is 17.1. The van der Waals surface area contributed by atoms with Crippen molar-refractivity contribution in [3.63, 3.8) is 0 Å². The van der Waals surface area contributed by atoms with Crippen LogP contribution in [0.5, 0.6) is 11.5 Å². The summed E-state index contributed by atoms with van der Waals surface area (Å²) < 4.78 is 10.9. The molecule has 1 aliphatic rings. The van der Waals surface area contributed by atoms with Crippen molar-refractivity contribution >= 4 is 23.0 Å². The largest absolute Gasteiger partial charge is 0.493 e. The van der Waals surface area contributed by atoms with Crippen molar-refractivity contribution in [1.82, 2.24) is 5.01 Å². The van der Waals surface area contributed by atoms with Crippen LogP contribution in [0.15, 0.2) is 40.8 Å². The number of rotatable bonds is 4. The zero-order chi connectivity index (χ0) is 16.4. The van der Waals surface area contributed by atoms with Gasteiger partial charge in [0.05, 0.1) is 30.9 Å². The molecule has 0 saturated heterocycles. The Morgan fingerprint density at radius 1 is 1.26 bits per heavy atom. The number of methoxy groups -OCH3 is 2. The molecule has 120 valence electrons. The van der Waals surface area contributed by atoms with Gasteiger partial charge in [-0.2, -0.15) is 5.10 Å². The van der Waals surface area contributed by atoms with E-state index in [4.69, 9.17) is 9.47 Å². The molecule has 0 spiro atoms. The molecule has 0 saturated carbocycles. The molecule has 1 unspecified atom stereocenters. The van der Waals surface area contributed by atoms with Crippen LogP contribution in [0.2, 0.25) is 0 Å². The third-order valence-corrected chi connectivity index (χ3v) is 4.75. The first-order valence-corrected chi connectivity index (χ1v) is 8.15. The van der Waals surface area contributed by atoms with E-state index in [-0.39, 0.29) is 11.9 Å². The molecule has 23 heavy (non-hydrogen) atoms. The van der Waals surface area contributed by atoms with Gasteiger partial charge < -0.3 is 9.47 Å². The lowest BCUT2D eigenvalue weighted by atomic mass is 9.99.